The molecule has 3 aromatic rings. The van der Waals surface area contributed by atoms with E-state index in [1.807, 2.05) is 0 Å². The molecule has 0 amide bonds. The van der Waals surface area contributed by atoms with Crippen LogP contribution in [0.15, 0.2) is 51.9 Å². The third-order valence-electron chi connectivity index (χ3n) is 3.27. The number of fused-ring (bicyclic) bond motifs is 1. The molecule has 0 saturated heterocycles. The summed E-state index contributed by atoms with van der Waals surface area (Å²) in [5.74, 6) is 0.0658. The molecule has 1 heterocycles. The van der Waals surface area contributed by atoms with Gasteiger partial charge >= 0.3 is 0 Å². The first-order valence-electron chi connectivity index (χ1n) is 6.22. The fourth-order valence-corrected chi connectivity index (χ4v) is 2.13. The van der Waals surface area contributed by atoms with Gasteiger partial charge in [0.25, 0.3) is 0 Å². The summed E-state index contributed by atoms with van der Waals surface area (Å²) in [5.41, 5.74) is 0.981. The standard InChI is InChI=1S/C16H12O5/c1-20-10-3-4-11-15(7-10)21-8-12(16(11)19)9-2-5-13(17)14(18)6-9/h2-8,17-18H,1H3. The first-order chi connectivity index (χ1) is 10.1. The number of phenolic OH excluding ortho intramolecular Hbond substituents is 2. The first-order valence-corrected chi connectivity index (χ1v) is 6.22. The van der Waals surface area contributed by atoms with E-state index in [9.17, 15) is 15.0 Å². The Morgan fingerprint density at radius 2 is 1.86 bits per heavy atom. The van der Waals surface area contributed by atoms with E-state index < -0.39 is 0 Å². The molecule has 21 heavy (non-hydrogen) atoms. The van der Waals surface area contributed by atoms with Gasteiger partial charge in [-0.1, -0.05) is 6.07 Å². The molecule has 1 aromatic heterocycles. The highest BCUT2D eigenvalue weighted by atomic mass is 16.5. The zero-order valence-electron chi connectivity index (χ0n) is 11.2. The second kappa shape index (κ2) is 4.86. The van der Waals surface area contributed by atoms with Gasteiger partial charge in [0.15, 0.2) is 16.9 Å². The molecule has 5 heteroatoms. The average Bonchev–Trinajstić information content (AvgIpc) is 2.50. The van der Waals surface area contributed by atoms with Crippen LogP contribution in [-0.4, -0.2) is 17.3 Å². The number of benzene rings is 2. The van der Waals surface area contributed by atoms with E-state index in [1.54, 1.807) is 18.2 Å². The second-order valence-corrected chi connectivity index (χ2v) is 4.54. The maximum Gasteiger partial charge on any atom is 0.200 e. The van der Waals surface area contributed by atoms with Crippen molar-refractivity contribution < 1.29 is 19.4 Å². The number of rotatable bonds is 2. The summed E-state index contributed by atoms with van der Waals surface area (Å²) >= 11 is 0. The molecule has 0 spiro atoms. The highest BCUT2D eigenvalue weighted by Gasteiger charge is 2.11. The number of hydrogen-bond acceptors (Lipinski definition) is 5. The van der Waals surface area contributed by atoms with Crippen LogP contribution < -0.4 is 10.2 Å². The summed E-state index contributed by atoms with van der Waals surface area (Å²) in [4.78, 5) is 12.5. The molecule has 0 aliphatic heterocycles. The molecule has 0 atom stereocenters. The lowest BCUT2D eigenvalue weighted by Gasteiger charge is -2.05. The fourth-order valence-electron chi connectivity index (χ4n) is 2.13. The molecule has 3 rings (SSSR count). The van der Waals surface area contributed by atoms with E-state index in [0.717, 1.165) is 0 Å². The Balaban J connectivity index is 2.22. The largest absolute Gasteiger partial charge is 0.504 e. The van der Waals surface area contributed by atoms with Crippen molar-refractivity contribution >= 4 is 11.0 Å². The van der Waals surface area contributed by atoms with E-state index in [4.69, 9.17) is 9.15 Å². The van der Waals surface area contributed by atoms with Crippen molar-refractivity contribution in [3.8, 4) is 28.4 Å². The van der Waals surface area contributed by atoms with Crippen LogP contribution in [0.2, 0.25) is 0 Å². The molecule has 0 aliphatic carbocycles. The van der Waals surface area contributed by atoms with Crippen LogP contribution in [0.25, 0.3) is 22.1 Å². The summed E-state index contributed by atoms with van der Waals surface area (Å²) < 4.78 is 10.5. The molecule has 0 aliphatic rings. The smallest absolute Gasteiger partial charge is 0.200 e. The molecular weight excluding hydrogens is 272 g/mol. The lowest BCUT2D eigenvalue weighted by atomic mass is 10.0. The third kappa shape index (κ3) is 2.18. The number of ether oxygens (including phenoxy) is 1. The van der Waals surface area contributed by atoms with E-state index >= 15 is 0 Å². The molecule has 0 fully saturated rings. The van der Waals surface area contributed by atoms with E-state index in [-0.39, 0.29) is 16.9 Å². The van der Waals surface area contributed by atoms with E-state index in [2.05, 4.69) is 0 Å². The number of aromatic hydroxyl groups is 2. The lowest BCUT2D eigenvalue weighted by Crippen LogP contribution is -2.04. The van der Waals surface area contributed by atoms with Crippen LogP contribution in [0.1, 0.15) is 0 Å². The summed E-state index contributed by atoms with van der Waals surface area (Å²) in [5, 5.41) is 19.3. The lowest BCUT2D eigenvalue weighted by molar-refractivity contribution is 0.404. The van der Waals surface area contributed by atoms with Gasteiger partial charge in [-0.25, -0.2) is 0 Å². The van der Waals surface area contributed by atoms with Crippen LogP contribution in [-0.2, 0) is 0 Å². The van der Waals surface area contributed by atoms with Gasteiger partial charge in [0.05, 0.1) is 18.1 Å². The Bertz CT molecular complexity index is 879. The van der Waals surface area contributed by atoms with Crippen LogP contribution >= 0.6 is 0 Å². The Morgan fingerprint density at radius 1 is 1.05 bits per heavy atom. The second-order valence-electron chi connectivity index (χ2n) is 4.54. The summed E-state index contributed by atoms with van der Waals surface area (Å²) in [7, 11) is 1.53. The highest BCUT2D eigenvalue weighted by Crippen LogP contribution is 2.30. The Hall–Kier alpha value is -2.95. The number of hydrogen-bond donors (Lipinski definition) is 2. The van der Waals surface area contributed by atoms with Gasteiger partial charge in [0.2, 0.25) is 0 Å². The quantitative estimate of drug-likeness (QED) is 0.707. The van der Waals surface area contributed by atoms with Crippen molar-refractivity contribution in [2.75, 3.05) is 7.11 Å². The van der Waals surface area contributed by atoms with Gasteiger partial charge in [-0.3, -0.25) is 4.79 Å². The number of methoxy groups -OCH3 is 1. The van der Waals surface area contributed by atoms with Gasteiger partial charge < -0.3 is 19.4 Å². The Kier molecular flexibility index (Phi) is 3.02. The van der Waals surface area contributed by atoms with Gasteiger partial charge in [0, 0.05) is 6.07 Å². The third-order valence-corrected chi connectivity index (χ3v) is 3.27. The van der Waals surface area contributed by atoms with Gasteiger partial charge in [0.1, 0.15) is 17.6 Å². The zero-order chi connectivity index (χ0) is 15.0. The van der Waals surface area contributed by atoms with Gasteiger partial charge in [-0.05, 0) is 29.8 Å². The van der Waals surface area contributed by atoms with Gasteiger partial charge in [-0.15, -0.1) is 0 Å². The highest BCUT2D eigenvalue weighted by molar-refractivity contribution is 5.83. The summed E-state index contributed by atoms with van der Waals surface area (Å²) in [6.45, 7) is 0. The van der Waals surface area contributed by atoms with Crippen molar-refractivity contribution in [2.45, 2.75) is 0 Å². The minimum atomic E-state index is -0.290. The van der Waals surface area contributed by atoms with Crippen molar-refractivity contribution in [3.63, 3.8) is 0 Å². The summed E-state index contributed by atoms with van der Waals surface area (Å²) in [6, 6.07) is 9.12. The maximum absolute atomic E-state index is 12.5. The van der Waals surface area contributed by atoms with Crippen molar-refractivity contribution in [2.24, 2.45) is 0 Å². The predicted octanol–water partition coefficient (Wildman–Crippen LogP) is 2.88. The summed E-state index contributed by atoms with van der Waals surface area (Å²) in [6.07, 6.45) is 1.33. The SMILES string of the molecule is COc1ccc2c(=O)c(-c3ccc(O)c(O)c3)coc2c1. The van der Waals surface area contributed by atoms with Gasteiger partial charge in [-0.2, -0.15) is 0 Å². The molecule has 0 radical (unpaired) electrons. The maximum atomic E-state index is 12.5. The van der Waals surface area contributed by atoms with E-state index in [0.29, 0.717) is 27.8 Å². The minimum absolute atomic E-state index is 0.219. The minimum Gasteiger partial charge on any atom is -0.504 e. The first kappa shape index (κ1) is 13.1. The molecule has 5 nitrogen and oxygen atoms in total. The van der Waals surface area contributed by atoms with Crippen LogP contribution in [0.4, 0.5) is 0 Å². The Labute approximate surface area is 119 Å². The molecule has 0 unspecified atom stereocenters. The normalized spacial score (nSPS) is 10.7. The number of phenols is 2. The van der Waals surface area contributed by atoms with Crippen LogP contribution in [0.5, 0.6) is 17.2 Å². The molecule has 106 valence electrons. The zero-order valence-corrected chi connectivity index (χ0v) is 11.2. The van der Waals surface area contributed by atoms with Crippen molar-refractivity contribution in [1.29, 1.82) is 0 Å². The molecular formula is C16H12O5. The molecule has 0 bridgehead atoms. The average molecular weight is 284 g/mol. The topological polar surface area (TPSA) is 79.9 Å². The monoisotopic (exact) mass is 284 g/mol. The Morgan fingerprint density at radius 3 is 2.57 bits per heavy atom. The van der Waals surface area contributed by atoms with Crippen LogP contribution in [0.3, 0.4) is 0 Å². The predicted molar refractivity (Wildman–Crippen MR) is 77.8 cm³/mol. The molecule has 2 aromatic carbocycles. The fraction of sp³-hybridized carbons (Fsp3) is 0.0625. The van der Waals surface area contributed by atoms with Crippen molar-refractivity contribution in [3.05, 3.63) is 52.9 Å². The molecule has 2 N–H and O–H groups in total. The van der Waals surface area contributed by atoms with Crippen molar-refractivity contribution in [1.82, 2.24) is 0 Å². The van der Waals surface area contributed by atoms with E-state index in [1.165, 1.54) is 31.6 Å². The molecule has 0 saturated carbocycles. The van der Waals surface area contributed by atoms with Crippen LogP contribution in [0, 0.1) is 0 Å².